The molecule has 2 fully saturated rings. The topological polar surface area (TPSA) is 93.7 Å². The molecular weight excluding hydrogens is 430 g/mol. The summed E-state index contributed by atoms with van der Waals surface area (Å²) >= 11 is 0. The summed E-state index contributed by atoms with van der Waals surface area (Å²) in [5, 5.41) is 2.81. The molecule has 6 atom stereocenters. The van der Waals surface area contributed by atoms with Crippen molar-refractivity contribution in [2.75, 3.05) is 27.4 Å². The Morgan fingerprint density at radius 3 is 2.24 bits per heavy atom. The quantitative estimate of drug-likeness (QED) is 0.653. The van der Waals surface area contributed by atoms with E-state index in [4.69, 9.17) is 33.2 Å². The van der Waals surface area contributed by atoms with E-state index in [-0.39, 0.29) is 12.5 Å². The number of nitrogens with one attached hydrogen (secondary N) is 1. The molecule has 0 spiro atoms. The van der Waals surface area contributed by atoms with Crippen molar-refractivity contribution in [1.82, 2.24) is 5.32 Å². The third-order valence-corrected chi connectivity index (χ3v) is 6.02. The van der Waals surface area contributed by atoms with Gasteiger partial charge in [-0.25, -0.2) is 4.79 Å². The van der Waals surface area contributed by atoms with Crippen LogP contribution in [0.3, 0.4) is 0 Å². The Bertz CT molecular complexity index is 784. The van der Waals surface area contributed by atoms with Gasteiger partial charge in [-0.05, 0) is 40.2 Å². The lowest BCUT2D eigenvalue weighted by Crippen LogP contribution is -2.71. The smallest absolute Gasteiger partial charge is 0.407 e. The molecule has 0 saturated carbocycles. The van der Waals surface area contributed by atoms with Gasteiger partial charge < -0.3 is 38.5 Å². The number of hydrogen-bond acceptors (Lipinski definition) is 8. The van der Waals surface area contributed by atoms with E-state index in [1.165, 1.54) is 14.2 Å². The Hall–Kier alpha value is -1.75. The minimum Gasteiger partial charge on any atom is -0.444 e. The minimum absolute atomic E-state index is 0.227. The summed E-state index contributed by atoms with van der Waals surface area (Å²) in [6.07, 6.45) is -2.29. The lowest BCUT2D eigenvalue weighted by Gasteiger charge is -2.56. The van der Waals surface area contributed by atoms with Crippen LogP contribution in [0.5, 0.6) is 0 Å². The lowest BCUT2D eigenvalue weighted by atomic mass is 9.91. The molecule has 33 heavy (non-hydrogen) atoms. The van der Waals surface area contributed by atoms with E-state index >= 15 is 0 Å². The molecule has 2 aliphatic rings. The van der Waals surface area contributed by atoms with Crippen LogP contribution in [0.4, 0.5) is 4.79 Å². The first-order valence-electron chi connectivity index (χ1n) is 11.2. The zero-order valence-corrected chi connectivity index (χ0v) is 20.6. The number of carbonyl (C=O) groups excluding carboxylic acids is 1. The van der Waals surface area contributed by atoms with Crippen molar-refractivity contribution in [3.8, 4) is 0 Å². The van der Waals surface area contributed by atoms with Gasteiger partial charge in [-0.2, -0.15) is 0 Å². The van der Waals surface area contributed by atoms with Crippen molar-refractivity contribution in [3.05, 3.63) is 35.9 Å². The van der Waals surface area contributed by atoms with Gasteiger partial charge in [0.1, 0.15) is 11.7 Å². The molecular formula is C24H37NO8. The summed E-state index contributed by atoms with van der Waals surface area (Å²) in [5.74, 6) is -2.62. The highest BCUT2D eigenvalue weighted by Crippen LogP contribution is 2.44. The van der Waals surface area contributed by atoms with Crippen molar-refractivity contribution >= 4 is 6.09 Å². The van der Waals surface area contributed by atoms with Crippen molar-refractivity contribution < 1.29 is 38.0 Å². The Labute approximate surface area is 195 Å². The van der Waals surface area contributed by atoms with Crippen LogP contribution in [0.25, 0.3) is 0 Å². The highest BCUT2D eigenvalue weighted by molar-refractivity contribution is 5.67. The molecule has 1 aromatic carbocycles. The van der Waals surface area contributed by atoms with Crippen molar-refractivity contribution in [3.63, 3.8) is 0 Å². The molecule has 1 amide bonds. The Balaban J connectivity index is 1.76. The van der Waals surface area contributed by atoms with Crippen LogP contribution in [0.2, 0.25) is 0 Å². The summed E-state index contributed by atoms with van der Waals surface area (Å²) in [7, 11) is 3.07. The number of amides is 1. The molecule has 0 bridgehead atoms. The number of alkyl carbamates (subject to hydrolysis) is 1. The number of ether oxygens (including phenoxy) is 7. The van der Waals surface area contributed by atoms with Crippen molar-refractivity contribution in [2.24, 2.45) is 5.92 Å². The number of fused-ring (bicyclic) bond motifs is 1. The fourth-order valence-electron chi connectivity index (χ4n) is 3.92. The standard InChI is InChI=1S/C24H37NO8/c1-22(2,3)33-21(26)25-13-17-15-30-20(29-14-16-11-9-8-10-12-16)19-18(17)31-23(4,27-6)24(5,28-7)32-19/h8-12,17-20H,13-15H2,1-7H3,(H,25,26)/t17-,18-,19+,20-,23+,24+/m1/s1. The van der Waals surface area contributed by atoms with E-state index in [0.717, 1.165) is 5.56 Å². The Kier molecular flexibility index (Phi) is 8.03. The second kappa shape index (κ2) is 10.2. The van der Waals surface area contributed by atoms with Gasteiger partial charge in [0, 0.05) is 26.7 Å². The molecule has 0 unspecified atom stereocenters. The largest absolute Gasteiger partial charge is 0.444 e. The lowest BCUT2D eigenvalue weighted by molar-refractivity contribution is -0.477. The number of methoxy groups -OCH3 is 2. The first-order valence-corrected chi connectivity index (χ1v) is 11.2. The van der Waals surface area contributed by atoms with Crippen LogP contribution in [-0.2, 0) is 39.8 Å². The van der Waals surface area contributed by atoms with E-state index < -0.39 is 41.8 Å². The maximum Gasteiger partial charge on any atom is 0.407 e. The molecule has 2 saturated heterocycles. The van der Waals surface area contributed by atoms with Crippen molar-refractivity contribution in [2.45, 2.75) is 76.9 Å². The fourth-order valence-corrected chi connectivity index (χ4v) is 3.92. The van der Waals surface area contributed by atoms with Gasteiger partial charge in [0.05, 0.1) is 19.3 Å². The Morgan fingerprint density at radius 2 is 1.67 bits per heavy atom. The zero-order valence-electron chi connectivity index (χ0n) is 20.6. The first kappa shape index (κ1) is 25.9. The maximum absolute atomic E-state index is 12.2. The molecule has 9 nitrogen and oxygen atoms in total. The van der Waals surface area contributed by atoms with Crippen LogP contribution in [0, 0.1) is 5.92 Å². The predicted molar refractivity (Wildman–Crippen MR) is 119 cm³/mol. The Morgan fingerprint density at radius 1 is 1.06 bits per heavy atom. The van der Waals surface area contributed by atoms with Crippen LogP contribution in [0.1, 0.15) is 40.2 Å². The van der Waals surface area contributed by atoms with Gasteiger partial charge in [-0.15, -0.1) is 0 Å². The molecule has 2 aliphatic heterocycles. The molecule has 0 aliphatic carbocycles. The number of rotatable bonds is 7. The third kappa shape index (κ3) is 6.03. The predicted octanol–water partition coefficient (Wildman–Crippen LogP) is 3.21. The van der Waals surface area contributed by atoms with Gasteiger partial charge in [0.2, 0.25) is 11.6 Å². The number of carbonyl (C=O) groups is 1. The summed E-state index contributed by atoms with van der Waals surface area (Å²) < 4.78 is 41.6. The van der Waals surface area contributed by atoms with Crippen LogP contribution in [0.15, 0.2) is 30.3 Å². The molecule has 0 radical (unpaired) electrons. The van der Waals surface area contributed by atoms with Gasteiger partial charge in [-0.1, -0.05) is 30.3 Å². The van der Waals surface area contributed by atoms with E-state index in [1.54, 1.807) is 13.8 Å². The highest BCUT2D eigenvalue weighted by atomic mass is 16.8. The zero-order chi connectivity index (χ0) is 24.3. The second-order valence-electron chi connectivity index (χ2n) is 9.61. The number of benzene rings is 1. The summed E-state index contributed by atoms with van der Waals surface area (Å²) in [6.45, 7) is 9.88. The summed E-state index contributed by atoms with van der Waals surface area (Å²) in [5.41, 5.74) is 0.421. The van der Waals surface area contributed by atoms with E-state index in [9.17, 15) is 4.79 Å². The normalized spacial score (nSPS) is 34.4. The number of hydrogen-bond donors (Lipinski definition) is 1. The van der Waals surface area contributed by atoms with Gasteiger partial charge >= 0.3 is 6.09 Å². The maximum atomic E-state index is 12.2. The van der Waals surface area contributed by atoms with Gasteiger partial charge in [0.25, 0.3) is 0 Å². The van der Waals surface area contributed by atoms with E-state index in [0.29, 0.717) is 13.2 Å². The molecule has 3 rings (SSSR count). The van der Waals surface area contributed by atoms with E-state index in [2.05, 4.69) is 5.32 Å². The molecule has 9 heteroatoms. The molecule has 1 aromatic rings. The summed E-state index contributed by atoms with van der Waals surface area (Å²) in [4.78, 5) is 12.2. The van der Waals surface area contributed by atoms with Crippen molar-refractivity contribution in [1.29, 1.82) is 0 Å². The second-order valence-corrected chi connectivity index (χ2v) is 9.61. The summed E-state index contributed by atoms with van der Waals surface area (Å²) in [6, 6.07) is 9.81. The minimum atomic E-state index is -1.21. The molecule has 0 aromatic heterocycles. The molecule has 2 heterocycles. The van der Waals surface area contributed by atoms with Crippen LogP contribution in [-0.4, -0.2) is 69.1 Å². The fraction of sp³-hybridized carbons (Fsp3) is 0.708. The molecule has 186 valence electrons. The van der Waals surface area contributed by atoms with Gasteiger partial charge in [-0.3, -0.25) is 0 Å². The average molecular weight is 468 g/mol. The van der Waals surface area contributed by atoms with Crippen LogP contribution < -0.4 is 5.32 Å². The molecule has 1 N–H and O–H groups in total. The van der Waals surface area contributed by atoms with E-state index in [1.807, 2.05) is 51.1 Å². The van der Waals surface area contributed by atoms with Crippen LogP contribution >= 0.6 is 0 Å². The SMILES string of the molecule is CO[C@@]1(C)O[C@@H]2[C@H](CNC(=O)OC(C)(C)C)CO[C@@H](OCc3ccccc3)[C@H]2O[C@]1(C)OC. The van der Waals surface area contributed by atoms with Gasteiger partial charge in [0.15, 0.2) is 6.29 Å². The first-order chi connectivity index (χ1) is 15.5. The highest BCUT2D eigenvalue weighted by Gasteiger charge is 2.61. The monoisotopic (exact) mass is 467 g/mol. The third-order valence-electron chi connectivity index (χ3n) is 6.02. The average Bonchev–Trinajstić information content (AvgIpc) is 2.77.